The number of methoxy groups -OCH3 is 2. The van der Waals surface area contributed by atoms with E-state index in [-0.39, 0.29) is 41.3 Å². The molecule has 0 amide bonds. The molecule has 28 heavy (non-hydrogen) atoms. The molecule has 0 aromatic rings. The lowest BCUT2D eigenvalue weighted by atomic mass is 9.84. The summed E-state index contributed by atoms with van der Waals surface area (Å²) >= 11 is 0. The van der Waals surface area contributed by atoms with E-state index in [1.807, 2.05) is 12.2 Å². The highest BCUT2D eigenvalue weighted by Crippen LogP contribution is 2.49. The molecule has 2 heterocycles. The number of ether oxygens (including phenoxy) is 4. The summed E-state index contributed by atoms with van der Waals surface area (Å²) in [6, 6.07) is 0. The Kier molecular flexibility index (Phi) is 6.01. The molecule has 0 radical (unpaired) electrons. The zero-order valence-corrected chi connectivity index (χ0v) is 17.6. The molecule has 3 rings (SSSR count). The molecule has 1 aliphatic carbocycles. The van der Waals surface area contributed by atoms with Crippen LogP contribution in [0.1, 0.15) is 59.3 Å². The van der Waals surface area contributed by atoms with Gasteiger partial charge in [0.25, 0.3) is 0 Å². The van der Waals surface area contributed by atoms with Gasteiger partial charge in [-0.2, -0.15) is 0 Å². The Labute approximate surface area is 167 Å². The third-order valence-corrected chi connectivity index (χ3v) is 6.52. The van der Waals surface area contributed by atoms with Crippen LogP contribution in [0.15, 0.2) is 23.3 Å². The predicted octanol–water partition coefficient (Wildman–Crippen LogP) is 3.49. The zero-order chi connectivity index (χ0) is 20.5. The van der Waals surface area contributed by atoms with Crippen LogP contribution in [0, 0.1) is 5.92 Å². The average Bonchev–Trinajstić information content (AvgIpc) is 3.55. The molecule has 4 atom stereocenters. The van der Waals surface area contributed by atoms with Gasteiger partial charge < -0.3 is 18.9 Å². The lowest BCUT2D eigenvalue weighted by Crippen LogP contribution is -2.24. The lowest BCUT2D eigenvalue weighted by molar-refractivity contribution is -0.137. The number of carbonyl (C=O) groups excluding carboxylic acids is 2. The van der Waals surface area contributed by atoms with E-state index in [0.29, 0.717) is 30.4 Å². The first-order valence-electron chi connectivity index (χ1n) is 10.2. The summed E-state index contributed by atoms with van der Waals surface area (Å²) in [6.45, 7) is 6.31. The molecule has 0 bridgehead atoms. The van der Waals surface area contributed by atoms with Gasteiger partial charge in [0, 0.05) is 11.1 Å². The van der Waals surface area contributed by atoms with Crippen LogP contribution in [0.25, 0.3) is 0 Å². The monoisotopic (exact) mass is 392 g/mol. The van der Waals surface area contributed by atoms with Crippen molar-refractivity contribution in [3.05, 3.63) is 23.3 Å². The first kappa shape index (κ1) is 21.1. The van der Waals surface area contributed by atoms with E-state index in [0.717, 1.165) is 19.3 Å². The molecule has 0 spiro atoms. The van der Waals surface area contributed by atoms with Gasteiger partial charge in [0.1, 0.15) is 11.7 Å². The van der Waals surface area contributed by atoms with Crippen molar-refractivity contribution in [1.82, 2.24) is 0 Å². The summed E-state index contributed by atoms with van der Waals surface area (Å²) in [6.07, 6.45) is 8.16. The van der Waals surface area contributed by atoms with E-state index in [1.165, 1.54) is 14.2 Å². The highest BCUT2D eigenvalue weighted by molar-refractivity contribution is 5.89. The largest absolute Gasteiger partial charge is 0.466 e. The zero-order valence-electron chi connectivity index (χ0n) is 17.6. The minimum atomic E-state index is -0.360. The average molecular weight is 392 g/mol. The molecule has 0 aromatic heterocycles. The fraction of sp³-hybridized carbons (Fsp3) is 0.727. The van der Waals surface area contributed by atoms with Gasteiger partial charge in [0.2, 0.25) is 0 Å². The SMILES string of the molecule is COC(=O)/C1=C/[C@@H]2O[C@@]2(C(C)C)CC/C(C(=O)OC)=C\CC[C@]2(C)O[C@H]2CC1. The van der Waals surface area contributed by atoms with Gasteiger partial charge >= 0.3 is 11.9 Å². The Hall–Kier alpha value is -1.66. The number of hydrogen-bond acceptors (Lipinski definition) is 6. The van der Waals surface area contributed by atoms with Crippen LogP contribution >= 0.6 is 0 Å². The lowest BCUT2D eigenvalue weighted by Gasteiger charge is -2.18. The van der Waals surface area contributed by atoms with Crippen LogP contribution < -0.4 is 0 Å². The molecule has 2 aliphatic heterocycles. The van der Waals surface area contributed by atoms with Crippen LogP contribution in [-0.2, 0) is 28.5 Å². The smallest absolute Gasteiger partial charge is 0.333 e. The molecule has 2 fully saturated rings. The molecule has 0 aromatic carbocycles. The molecular weight excluding hydrogens is 360 g/mol. The van der Waals surface area contributed by atoms with Crippen molar-refractivity contribution in [2.24, 2.45) is 5.92 Å². The molecule has 2 saturated heterocycles. The van der Waals surface area contributed by atoms with E-state index in [9.17, 15) is 9.59 Å². The maximum absolute atomic E-state index is 12.3. The van der Waals surface area contributed by atoms with Crippen LogP contribution in [0.4, 0.5) is 0 Å². The summed E-state index contributed by atoms with van der Waals surface area (Å²) < 4.78 is 22.0. The number of esters is 2. The fourth-order valence-corrected chi connectivity index (χ4v) is 4.34. The predicted molar refractivity (Wildman–Crippen MR) is 104 cm³/mol. The van der Waals surface area contributed by atoms with Crippen LogP contribution in [-0.4, -0.2) is 49.6 Å². The first-order chi connectivity index (χ1) is 13.3. The summed E-state index contributed by atoms with van der Waals surface area (Å²) in [4.78, 5) is 24.5. The Morgan fingerprint density at radius 1 is 1.07 bits per heavy atom. The van der Waals surface area contributed by atoms with Crippen molar-refractivity contribution >= 4 is 11.9 Å². The van der Waals surface area contributed by atoms with Crippen LogP contribution in [0.5, 0.6) is 0 Å². The van der Waals surface area contributed by atoms with E-state index < -0.39 is 0 Å². The minimum absolute atomic E-state index is 0.119. The third-order valence-electron chi connectivity index (χ3n) is 6.52. The number of rotatable bonds is 3. The van der Waals surface area contributed by atoms with Crippen molar-refractivity contribution in [2.75, 3.05) is 14.2 Å². The molecule has 0 N–H and O–H groups in total. The molecule has 6 nitrogen and oxygen atoms in total. The second kappa shape index (κ2) is 7.99. The van der Waals surface area contributed by atoms with Gasteiger partial charge in [-0.1, -0.05) is 19.9 Å². The van der Waals surface area contributed by atoms with Crippen molar-refractivity contribution in [3.63, 3.8) is 0 Å². The third kappa shape index (κ3) is 4.18. The topological polar surface area (TPSA) is 77.7 Å². The Bertz CT molecular complexity index is 693. The van der Waals surface area contributed by atoms with Crippen molar-refractivity contribution < 1.29 is 28.5 Å². The van der Waals surface area contributed by atoms with E-state index in [2.05, 4.69) is 20.8 Å². The Morgan fingerprint density at radius 2 is 1.75 bits per heavy atom. The molecular formula is C22H32O6. The highest BCUT2D eigenvalue weighted by atomic mass is 16.6. The Balaban J connectivity index is 1.86. The van der Waals surface area contributed by atoms with Crippen molar-refractivity contribution in [3.8, 4) is 0 Å². The first-order valence-corrected chi connectivity index (χ1v) is 10.2. The minimum Gasteiger partial charge on any atom is -0.466 e. The second-order valence-electron chi connectivity index (χ2n) is 8.55. The second-order valence-corrected chi connectivity index (χ2v) is 8.55. The summed E-state index contributed by atoms with van der Waals surface area (Å²) in [5.41, 5.74) is 0.780. The normalized spacial score (nSPS) is 39.2. The van der Waals surface area contributed by atoms with Gasteiger partial charge in [-0.05, 0) is 57.4 Å². The number of allylic oxidation sites excluding steroid dienone is 1. The van der Waals surface area contributed by atoms with Crippen molar-refractivity contribution in [2.45, 2.75) is 82.7 Å². The highest BCUT2D eigenvalue weighted by Gasteiger charge is 2.57. The van der Waals surface area contributed by atoms with E-state index >= 15 is 0 Å². The standard InChI is InChI=1S/C22H32O6/c1-14(2)22-12-10-15(19(23)25-4)7-6-11-21(3)17(27-21)9-8-16(20(24)26-5)13-18(22)28-22/h7,13-14,17-18H,6,8-12H2,1-5H3/b15-7+,16-13+/t17-,18-,21-,22+/m0/s1. The Morgan fingerprint density at radius 3 is 2.39 bits per heavy atom. The molecule has 0 saturated carbocycles. The van der Waals surface area contributed by atoms with E-state index in [1.54, 1.807) is 0 Å². The van der Waals surface area contributed by atoms with Crippen LogP contribution in [0.2, 0.25) is 0 Å². The van der Waals surface area contributed by atoms with Gasteiger partial charge in [0.15, 0.2) is 0 Å². The van der Waals surface area contributed by atoms with Crippen LogP contribution in [0.3, 0.4) is 0 Å². The number of carbonyl (C=O) groups is 2. The molecule has 6 heteroatoms. The van der Waals surface area contributed by atoms with E-state index in [4.69, 9.17) is 18.9 Å². The summed E-state index contributed by atoms with van der Waals surface area (Å²) in [7, 11) is 2.82. The number of epoxide rings is 2. The maximum Gasteiger partial charge on any atom is 0.333 e. The van der Waals surface area contributed by atoms with Gasteiger partial charge in [-0.25, -0.2) is 9.59 Å². The summed E-state index contributed by atoms with van der Waals surface area (Å²) in [5, 5.41) is 0. The van der Waals surface area contributed by atoms with Gasteiger partial charge in [-0.3, -0.25) is 0 Å². The van der Waals surface area contributed by atoms with Gasteiger partial charge in [-0.15, -0.1) is 0 Å². The maximum atomic E-state index is 12.3. The van der Waals surface area contributed by atoms with Gasteiger partial charge in [0.05, 0.1) is 25.9 Å². The summed E-state index contributed by atoms with van der Waals surface area (Å²) in [5.74, 6) is -0.334. The molecule has 156 valence electrons. The molecule has 0 unspecified atom stereocenters. The quantitative estimate of drug-likeness (QED) is 0.540. The number of hydrogen-bond donors (Lipinski definition) is 0. The molecule has 3 aliphatic rings. The number of fused-ring (bicyclic) bond motifs is 2. The fourth-order valence-electron chi connectivity index (χ4n) is 4.34. The van der Waals surface area contributed by atoms with Crippen molar-refractivity contribution in [1.29, 1.82) is 0 Å².